The van der Waals surface area contributed by atoms with E-state index in [0.29, 0.717) is 40.1 Å². The quantitative estimate of drug-likeness (QED) is 0.412. The van der Waals surface area contributed by atoms with Gasteiger partial charge >= 0.3 is 0 Å². The first-order chi connectivity index (χ1) is 15.6. The number of nitrogens with zero attached hydrogens (tertiary/aromatic N) is 6. The van der Waals surface area contributed by atoms with Crippen LogP contribution in [0.25, 0.3) is 11.4 Å². The molecule has 9 nitrogen and oxygen atoms in total. The average Bonchev–Trinajstić information content (AvgIpc) is 3.12. The summed E-state index contributed by atoms with van der Waals surface area (Å²) in [5.41, 5.74) is 2.64. The van der Waals surface area contributed by atoms with Gasteiger partial charge in [0.05, 0.1) is 41.6 Å². The summed E-state index contributed by atoms with van der Waals surface area (Å²) in [6.07, 6.45) is 5.77. The average molecular weight is 429 g/mol. The molecule has 1 aromatic carbocycles. The molecule has 32 heavy (non-hydrogen) atoms. The lowest BCUT2D eigenvalue weighted by Crippen LogP contribution is -2.21. The predicted octanol–water partition coefficient (Wildman–Crippen LogP) is 2.96. The Hall–Kier alpha value is -3.79. The van der Waals surface area contributed by atoms with Crippen LogP contribution < -0.4 is 10.1 Å². The Bertz CT molecular complexity index is 1170. The number of hydrogen-bond donors (Lipinski definition) is 2. The molecule has 1 aliphatic carbocycles. The molecule has 1 atom stereocenters. The van der Waals surface area contributed by atoms with Gasteiger partial charge in [-0.3, -0.25) is 0 Å². The molecule has 162 valence electrons. The van der Waals surface area contributed by atoms with E-state index in [2.05, 4.69) is 26.5 Å². The normalized spacial score (nSPS) is 14.2. The summed E-state index contributed by atoms with van der Waals surface area (Å²) in [7, 11) is 1.83. The number of nitrogens with one attached hydrogen (secondary N) is 1. The summed E-state index contributed by atoms with van der Waals surface area (Å²) >= 11 is 0. The first kappa shape index (κ1) is 21.4. The lowest BCUT2D eigenvalue weighted by Gasteiger charge is -2.22. The van der Waals surface area contributed by atoms with Crippen molar-refractivity contribution in [1.82, 2.24) is 25.1 Å². The molecule has 4 rings (SSSR count). The number of aliphatic hydroxyl groups is 1. The summed E-state index contributed by atoms with van der Waals surface area (Å²) in [4.78, 5) is 8.77. The highest BCUT2D eigenvalue weighted by atomic mass is 16.5. The van der Waals surface area contributed by atoms with Gasteiger partial charge in [-0.15, -0.1) is 0 Å². The number of aliphatic hydroxyl groups excluding tert-OH is 1. The van der Waals surface area contributed by atoms with Crippen molar-refractivity contribution in [2.24, 2.45) is 7.05 Å². The zero-order valence-electron chi connectivity index (χ0n) is 17.7. The zero-order chi connectivity index (χ0) is 22.5. The van der Waals surface area contributed by atoms with Gasteiger partial charge < -0.3 is 15.2 Å². The molecule has 1 saturated carbocycles. The van der Waals surface area contributed by atoms with Gasteiger partial charge in [-0.1, -0.05) is 6.42 Å². The third kappa shape index (κ3) is 4.59. The van der Waals surface area contributed by atoms with Crippen molar-refractivity contribution >= 4 is 0 Å². The fraction of sp³-hybridized carbons (Fsp3) is 0.348. The van der Waals surface area contributed by atoms with Crippen LogP contribution in [0.3, 0.4) is 0 Å². The topological polar surface area (TPSA) is 133 Å². The Morgan fingerprint density at radius 2 is 2.03 bits per heavy atom. The van der Waals surface area contributed by atoms with E-state index in [-0.39, 0.29) is 13.1 Å². The number of ether oxygens (including phenoxy) is 1. The molecular formula is C23H23N7O2. The zero-order valence-corrected chi connectivity index (χ0v) is 17.7. The van der Waals surface area contributed by atoms with E-state index in [1.54, 1.807) is 35.3 Å². The predicted molar refractivity (Wildman–Crippen MR) is 115 cm³/mol. The Balaban J connectivity index is 1.59. The number of hydrogen-bond acceptors (Lipinski definition) is 8. The number of aryl methyl sites for hydroxylation is 1. The van der Waals surface area contributed by atoms with Crippen molar-refractivity contribution in [1.29, 1.82) is 10.5 Å². The van der Waals surface area contributed by atoms with Gasteiger partial charge in [0.15, 0.2) is 5.82 Å². The molecule has 0 bridgehead atoms. The van der Waals surface area contributed by atoms with E-state index in [0.717, 1.165) is 18.5 Å². The number of benzene rings is 1. The van der Waals surface area contributed by atoms with Gasteiger partial charge in [-0.2, -0.15) is 15.6 Å². The number of nitriles is 2. The minimum Gasteiger partial charge on any atom is -0.438 e. The van der Waals surface area contributed by atoms with Crippen LogP contribution in [0.2, 0.25) is 0 Å². The standard InChI is InChI=1S/C23H23N7O2/c1-30-22(10-19(29-30)16-3-2-4-16)32-21-9-15(11-25)5-6-18(21)23-27-12-17(13-28-23)20(31)14-26-8-7-24/h5-6,9-10,12-13,16,20,26,31H,2-4,8,14H2,1H3. The third-order valence-electron chi connectivity index (χ3n) is 5.54. The summed E-state index contributed by atoms with van der Waals surface area (Å²) in [5.74, 6) is 1.93. The second-order valence-corrected chi connectivity index (χ2v) is 7.73. The Labute approximate surface area is 185 Å². The molecule has 1 aliphatic rings. The van der Waals surface area contributed by atoms with Gasteiger partial charge in [0.25, 0.3) is 0 Å². The Kier molecular flexibility index (Phi) is 6.41. The van der Waals surface area contributed by atoms with E-state index < -0.39 is 6.10 Å². The smallest absolute Gasteiger partial charge is 0.217 e. The maximum Gasteiger partial charge on any atom is 0.217 e. The number of rotatable bonds is 8. The molecule has 1 fully saturated rings. The maximum atomic E-state index is 10.2. The molecule has 0 aliphatic heterocycles. The van der Waals surface area contributed by atoms with Crippen LogP contribution in [0.1, 0.15) is 48.1 Å². The Morgan fingerprint density at radius 3 is 2.69 bits per heavy atom. The summed E-state index contributed by atoms with van der Waals surface area (Å²) in [6.45, 7) is 0.379. The second-order valence-electron chi connectivity index (χ2n) is 7.73. The lowest BCUT2D eigenvalue weighted by molar-refractivity contribution is 0.175. The largest absolute Gasteiger partial charge is 0.438 e. The fourth-order valence-electron chi connectivity index (χ4n) is 3.48. The van der Waals surface area contributed by atoms with E-state index in [4.69, 9.17) is 10.00 Å². The molecule has 0 spiro atoms. The van der Waals surface area contributed by atoms with Crippen LogP contribution in [-0.2, 0) is 7.05 Å². The van der Waals surface area contributed by atoms with Gasteiger partial charge in [-0.05, 0) is 31.0 Å². The van der Waals surface area contributed by atoms with E-state index in [1.807, 2.05) is 19.2 Å². The van der Waals surface area contributed by atoms with Crippen LogP contribution in [0.4, 0.5) is 0 Å². The third-order valence-corrected chi connectivity index (χ3v) is 5.54. The van der Waals surface area contributed by atoms with Crippen molar-refractivity contribution in [3.8, 4) is 35.2 Å². The second kappa shape index (κ2) is 9.56. The van der Waals surface area contributed by atoms with Crippen molar-refractivity contribution < 1.29 is 9.84 Å². The molecule has 2 heterocycles. The fourth-order valence-corrected chi connectivity index (χ4v) is 3.48. The van der Waals surface area contributed by atoms with Crippen LogP contribution in [0, 0.1) is 22.7 Å². The molecular weight excluding hydrogens is 406 g/mol. The van der Waals surface area contributed by atoms with Crippen molar-refractivity contribution in [2.75, 3.05) is 13.1 Å². The van der Waals surface area contributed by atoms with E-state index in [1.165, 1.54) is 6.42 Å². The molecule has 0 amide bonds. The molecule has 0 radical (unpaired) electrons. The molecule has 2 N–H and O–H groups in total. The summed E-state index contributed by atoms with van der Waals surface area (Å²) in [5, 5.41) is 35.5. The minimum absolute atomic E-state index is 0.151. The van der Waals surface area contributed by atoms with Gasteiger partial charge in [0.2, 0.25) is 5.88 Å². The van der Waals surface area contributed by atoms with Gasteiger partial charge in [-0.25, -0.2) is 14.6 Å². The molecule has 0 saturated heterocycles. The maximum absolute atomic E-state index is 10.2. The van der Waals surface area contributed by atoms with E-state index in [9.17, 15) is 10.4 Å². The first-order valence-electron chi connectivity index (χ1n) is 10.4. The van der Waals surface area contributed by atoms with Crippen LogP contribution >= 0.6 is 0 Å². The molecule has 9 heteroatoms. The molecule has 3 aromatic rings. The van der Waals surface area contributed by atoms with Gasteiger partial charge in [0.1, 0.15) is 5.75 Å². The SMILES string of the molecule is Cn1nc(C2CCC2)cc1Oc1cc(C#N)ccc1-c1ncc(C(O)CNCC#N)cn1. The highest BCUT2D eigenvalue weighted by Crippen LogP contribution is 2.38. The molecule has 2 aromatic heterocycles. The van der Waals surface area contributed by atoms with Crippen LogP contribution in [0.5, 0.6) is 11.6 Å². The van der Waals surface area contributed by atoms with E-state index >= 15 is 0 Å². The Morgan fingerprint density at radius 1 is 1.25 bits per heavy atom. The molecule has 1 unspecified atom stereocenters. The van der Waals surface area contributed by atoms with Crippen LogP contribution in [-0.4, -0.2) is 37.9 Å². The lowest BCUT2D eigenvalue weighted by atomic mass is 9.83. The van der Waals surface area contributed by atoms with Crippen LogP contribution in [0.15, 0.2) is 36.7 Å². The highest BCUT2D eigenvalue weighted by Gasteiger charge is 2.24. The van der Waals surface area contributed by atoms with Crippen molar-refractivity contribution in [3.63, 3.8) is 0 Å². The summed E-state index contributed by atoms with van der Waals surface area (Å²) in [6, 6.07) is 11.1. The number of aromatic nitrogens is 4. The van der Waals surface area contributed by atoms with Crippen molar-refractivity contribution in [3.05, 3.63) is 53.5 Å². The summed E-state index contributed by atoms with van der Waals surface area (Å²) < 4.78 is 7.86. The minimum atomic E-state index is -0.826. The first-order valence-corrected chi connectivity index (χ1v) is 10.4. The van der Waals surface area contributed by atoms with Gasteiger partial charge in [0, 0.05) is 43.5 Å². The highest BCUT2D eigenvalue weighted by molar-refractivity contribution is 5.66. The monoisotopic (exact) mass is 429 g/mol. The van der Waals surface area contributed by atoms with Crippen molar-refractivity contribution in [2.45, 2.75) is 31.3 Å².